The van der Waals surface area contributed by atoms with Gasteiger partial charge in [-0.1, -0.05) is 121 Å². The SMILES string of the molecule is c1cc2cc3cccc4c5ccc6c7ccc8c9cccc%10cc%11cccc%12c%13ccc%14c%15ccc%16c(c1)c2c(c34)c1c%16c%15c(c6c51)c1c%14c%13c(c8c71)c(c%11%12)c%109. The van der Waals surface area contributed by atoms with Gasteiger partial charge in [0.1, 0.15) is 0 Å². The van der Waals surface area contributed by atoms with Gasteiger partial charge in [-0.15, -0.1) is 0 Å². The van der Waals surface area contributed by atoms with E-state index in [-0.39, 0.29) is 0 Å². The van der Waals surface area contributed by atoms with Crippen molar-refractivity contribution in [2.24, 2.45) is 0 Å². The molecule has 0 heterocycles. The van der Waals surface area contributed by atoms with Crippen LogP contribution in [0.25, 0.3) is 183 Å². The van der Waals surface area contributed by atoms with E-state index >= 15 is 0 Å². The Kier molecular flexibility index (Phi) is 3.51. The molecule has 0 unspecified atom stereocenters. The second-order valence-electron chi connectivity index (χ2n) is 17.3. The van der Waals surface area contributed by atoms with Crippen LogP contribution >= 0.6 is 0 Å². The van der Waals surface area contributed by atoms with E-state index in [0.717, 1.165) is 0 Å². The lowest BCUT2D eigenvalue weighted by atomic mass is 9.72. The van der Waals surface area contributed by atoms with Crippen LogP contribution in [0, 0.1) is 0 Å². The van der Waals surface area contributed by atoms with Gasteiger partial charge in [-0.25, -0.2) is 0 Å². The van der Waals surface area contributed by atoms with Crippen molar-refractivity contribution in [2.45, 2.75) is 0 Å². The van der Waals surface area contributed by atoms with Crippen molar-refractivity contribution in [3.05, 3.63) is 133 Å². The third-order valence-corrected chi connectivity index (χ3v) is 15.3. The van der Waals surface area contributed by atoms with E-state index in [9.17, 15) is 0 Å². The summed E-state index contributed by atoms with van der Waals surface area (Å²) in [5.74, 6) is 0. The van der Waals surface area contributed by atoms with Crippen LogP contribution in [-0.4, -0.2) is 0 Å². The third-order valence-electron chi connectivity index (χ3n) is 15.3. The summed E-state index contributed by atoms with van der Waals surface area (Å²) in [5, 5.41) is 48.0. The topological polar surface area (TPSA) is 0 Å². The Bertz CT molecular complexity index is 4180. The van der Waals surface area contributed by atoms with E-state index in [0.29, 0.717) is 0 Å². The lowest BCUT2D eigenvalue weighted by Crippen LogP contribution is -2.01. The second-order valence-corrected chi connectivity index (χ2v) is 17.3. The summed E-state index contributed by atoms with van der Waals surface area (Å²) in [4.78, 5) is 0. The fourth-order valence-corrected chi connectivity index (χ4v) is 13.6. The van der Waals surface area contributed by atoms with Gasteiger partial charge in [0, 0.05) is 0 Å². The van der Waals surface area contributed by atoms with Crippen LogP contribution in [0.15, 0.2) is 133 Å². The molecule has 0 aromatic heterocycles. The van der Waals surface area contributed by atoms with Gasteiger partial charge in [-0.05, 0) is 195 Å². The van der Waals surface area contributed by atoms with Crippen LogP contribution in [-0.2, 0) is 0 Å². The molecular weight excluding hydrogens is 673 g/mol. The van der Waals surface area contributed by atoms with Crippen LogP contribution in [0.4, 0.5) is 0 Å². The molecule has 0 radical (unpaired) electrons. The monoisotopic (exact) mass is 694 g/mol. The summed E-state index contributed by atoms with van der Waals surface area (Å²) in [6.07, 6.45) is 0. The van der Waals surface area contributed by atoms with Gasteiger partial charge in [0.2, 0.25) is 0 Å². The molecule has 246 valence electrons. The minimum atomic E-state index is 1.34. The van der Waals surface area contributed by atoms with Crippen molar-refractivity contribution < 1.29 is 0 Å². The molecular formula is C56H22. The molecule has 18 aromatic carbocycles. The first-order valence-corrected chi connectivity index (χ1v) is 20.0. The maximum absolute atomic E-state index is 2.49. The predicted octanol–water partition coefficient (Wildman–Crippen LogP) is 16.2. The smallest absolute Gasteiger partial charge is 0.0000476 e. The Labute approximate surface area is 315 Å². The maximum Gasteiger partial charge on any atom is -0.0000476 e. The third kappa shape index (κ3) is 2.24. The highest BCUT2D eigenvalue weighted by Crippen LogP contribution is 2.61. The van der Waals surface area contributed by atoms with Gasteiger partial charge in [-0.3, -0.25) is 0 Å². The summed E-state index contributed by atoms with van der Waals surface area (Å²) in [7, 11) is 0. The Morgan fingerprint density at radius 3 is 0.536 bits per heavy atom. The van der Waals surface area contributed by atoms with Crippen molar-refractivity contribution in [1.29, 1.82) is 0 Å². The zero-order chi connectivity index (χ0) is 35.2. The number of benzene rings is 18. The van der Waals surface area contributed by atoms with Crippen LogP contribution in [0.1, 0.15) is 0 Å². The minimum Gasteiger partial charge on any atom is -0.0610 e. The molecule has 0 aliphatic carbocycles. The molecule has 0 saturated heterocycles. The highest BCUT2D eigenvalue weighted by molar-refractivity contribution is 6.62. The van der Waals surface area contributed by atoms with Crippen molar-refractivity contribution in [3.8, 4) is 0 Å². The molecule has 0 N–H and O–H groups in total. The van der Waals surface area contributed by atoms with E-state index in [1.807, 2.05) is 0 Å². The second kappa shape index (κ2) is 7.65. The highest BCUT2D eigenvalue weighted by Gasteiger charge is 2.32. The summed E-state index contributed by atoms with van der Waals surface area (Å²) >= 11 is 0. The van der Waals surface area contributed by atoms with Gasteiger partial charge < -0.3 is 0 Å². The van der Waals surface area contributed by atoms with Crippen LogP contribution in [0.2, 0.25) is 0 Å². The molecule has 0 aliphatic rings. The number of rotatable bonds is 0. The zero-order valence-electron chi connectivity index (χ0n) is 29.7. The molecule has 18 rings (SSSR count). The van der Waals surface area contributed by atoms with Crippen LogP contribution in [0.5, 0.6) is 0 Å². The van der Waals surface area contributed by atoms with Crippen molar-refractivity contribution in [2.75, 3.05) is 0 Å². The molecule has 0 amide bonds. The number of hydrogen-bond donors (Lipinski definition) is 0. The summed E-state index contributed by atoms with van der Waals surface area (Å²) in [6.45, 7) is 0. The van der Waals surface area contributed by atoms with E-state index in [4.69, 9.17) is 0 Å². The van der Waals surface area contributed by atoms with Gasteiger partial charge in [-0.2, -0.15) is 0 Å². The summed E-state index contributed by atoms with van der Waals surface area (Å²) in [6, 6.07) is 52.7. The van der Waals surface area contributed by atoms with Crippen molar-refractivity contribution >= 4 is 183 Å². The van der Waals surface area contributed by atoms with Gasteiger partial charge in [0.15, 0.2) is 0 Å². The standard InChI is InChI=1S/C56H22/c1-5-23-21-24-6-2-10-28-32-14-19-37-38-20-16-34-30-12-4-8-26-22-25-7-3-11-29-33-15-18-36-35-17-13-31-27(9-1)39(23)51(40(24)28)53-43(31)47(35)55(48(37)44(32)53)56-49(36)45(33)54(46(34)50(38)56)52(41(25)29)42(26)30/h1-22H. The first-order chi connectivity index (χ1) is 27.8. The largest absolute Gasteiger partial charge is 0.0610 e. The van der Waals surface area contributed by atoms with E-state index < -0.39 is 0 Å². The molecule has 18 aromatic rings. The Morgan fingerprint density at radius 2 is 0.321 bits per heavy atom. The highest BCUT2D eigenvalue weighted by atomic mass is 14.3. The Hall–Kier alpha value is -7.28. The number of hydrogen-bond acceptors (Lipinski definition) is 0. The first-order valence-electron chi connectivity index (χ1n) is 20.0. The molecule has 56 heavy (non-hydrogen) atoms. The lowest BCUT2D eigenvalue weighted by Gasteiger charge is -2.30. The first kappa shape index (κ1) is 25.7. The van der Waals surface area contributed by atoms with E-state index in [1.165, 1.54) is 183 Å². The quantitative estimate of drug-likeness (QED) is 0.109. The van der Waals surface area contributed by atoms with Crippen molar-refractivity contribution in [1.82, 2.24) is 0 Å². The average Bonchev–Trinajstić information content (AvgIpc) is 3.25. The van der Waals surface area contributed by atoms with Crippen LogP contribution in [0.3, 0.4) is 0 Å². The Balaban J connectivity index is 1.30. The van der Waals surface area contributed by atoms with E-state index in [1.54, 1.807) is 0 Å². The molecule has 0 spiro atoms. The molecule has 0 heteroatoms. The van der Waals surface area contributed by atoms with E-state index in [2.05, 4.69) is 133 Å². The average molecular weight is 695 g/mol. The maximum atomic E-state index is 2.49. The predicted molar refractivity (Wildman–Crippen MR) is 245 cm³/mol. The zero-order valence-corrected chi connectivity index (χ0v) is 29.7. The Morgan fingerprint density at radius 1 is 0.143 bits per heavy atom. The minimum absolute atomic E-state index is 1.34. The fraction of sp³-hybridized carbons (Fsp3) is 0. The lowest BCUT2D eigenvalue weighted by molar-refractivity contribution is 1.81. The van der Waals surface area contributed by atoms with Gasteiger partial charge in [0.05, 0.1) is 0 Å². The number of fused-ring (bicyclic) bond motifs is 6. The fourth-order valence-electron chi connectivity index (χ4n) is 13.6. The molecule has 0 nitrogen and oxygen atoms in total. The summed E-state index contributed by atoms with van der Waals surface area (Å²) in [5.41, 5.74) is 0. The summed E-state index contributed by atoms with van der Waals surface area (Å²) < 4.78 is 0. The van der Waals surface area contributed by atoms with Crippen molar-refractivity contribution in [3.63, 3.8) is 0 Å². The molecule has 0 aliphatic heterocycles. The van der Waals surface area contributed by atoms with Gasteiger partial charge >= 0.3 is 0 Å². The normalized spacial score (nSPS) is 14.1. The van der Waals surface area contributed by atoms with Crippen LogP contribution < -0.4 is 0 Å². The molecule has 0 bridgehead atoms. The van der Waals surface area contributed by atoms with Gasteiger partial charge in [0.25, 0.3) is 0 Å². The molecule has 0 atom stereocenters. The molecule has 0 fully saturated rings. The molecule has 0 saturated carbocycles.